The van der Waals surface area contributed by atoms with Crippen LogP contribution in [0.25, 0.3) is 0 Å². The summed E-state index contributed by atoms with van der Waals surface area (Å²) in [6.07, 6.45) is -1.76. The molecule has 66 valence electrons. The highest BCUT2D eigenvalue weighted by Crippen LogP contribution is 1.98. The van der Waals surface area contributed by atoms with E-state index in [-0.39, 0.29) is 0 Å². The molecule has 0 saturated heterocycles. The van der Waals surface area contributed by atoms with Crippen molar-refractivity contribution in [3.05, 3.63) is 6.26 Å². The molecular weight excluding hydrogens is 168 g/mol. The predicted octanol–water partition coefficient (Wildman–Crippen LogP) is -0.724. The molecule has 0 aromatic rings. The molecule has 1 unspecified atom stereocenters. The molecule has 2 N–H and O–H groups in total. The fourth-order valence-corrected chi connectivity index (χ4v) is 0.462. The number of carbonyl (C=O) groups excluding carboxylic acids is 1. The molecule has 0 aliphatic heterocycles. The lowest BCUT2D eigenvalue weighted by Gasteiger charge is -2.06. The van der Waals surface area contributed by atoms with Crippen LogP contribution in [0.1, 0.15) is 6.42 Å². The maximum atomic E-state index is 10.2. The quantitative estimate of drug-likeness (QED) is 0.421. The van der Waals surface area contributed by atoms with Crippen LogP contribution in [0.2, 0.25) is 0 Å². The van der Waals surface area contributed by atoms with Gasteiger partial charge >= 0.3 is 11.9 Å². The number of carbonyl (C=O) groups is 2. The largest absolute Gasteiger partial charge is 0.481 e. The lowest BCUT2D eigenvalue weighted by atomic mass is 10.2. The monoisotopic (exact) mass is 174 g/mol. The van der Waals surface area contributed by atoms with Crippen LogP contribution in [-0.2, 0) is 19.1 Å². The molecule has 12 heavy (non-hydrogen) atoms. The van der Waals surface area contributed by atoms with Crippen LogP contribution in [0.15, 0.2) is 6.26 Å². The summed E-state index contributed by atoms with van der Waals surface area (Å²) in [5, 5.41) is 16.5. The lowest BCUT2D eigenvalue weighted by molar-refractivity contribution is -0.153. The molecule has 0 rings (SSSR count). The Morgan fingerprint density at radius 2 is 2.08 bits per heavy atom. The van der Waals surface area contributed by atoms with E-state index in [1.165, 1.54) is 5.94 Å². The molecule has 0 spiro atoms. The highest BCUT2D eigenvalue weighted by molar-refractivity contribution is 5.79. The Kier molecular flexibility index (Phi) is 4.18. The number of hydrogen-bond donors (Lipinski definition) is 2. The second-order valence-corrected chi connectivity index (χ2v) is 1.80. The number of rotatable bonds is 5. The molecule has 6 nitrogen and oxygen atoms in total. The minimum Gasteiger partial charge on any atom is -0.481 e. The first-order valence-corrected chi connectivity index (χ1v) is 2.87. The van der Waals surface area contributed by atoms with Crippen LogP contribution < -0.4 is 0 Å². The number of ether oxygens (including phenoxy) is 1. The van der Waals surface area contributed by atoms with Gasteiger partial charge in [-0.3, -0.25) is 4.79 Å². The predicted molar refractivity (Wildman–Crippen MR) is 35.0 cm³/mol. The van der Waals surface area contributed by atoms with Crippen molar-refractivity contribution < 1.29 is 29.3 Å². The van der Waals surface area contributed by atoms with Crippen LogP contribution >= 0.6 is 0 Å². The summed E-state index contributed by atoms with van der Waals surface area (Å²) < 4.78 is 4.23. The Morgan fingerprint density at radius 3 is 2.42 bits per heavy atom. The standard InChI is InChI=1S/C6H6O6/c7-1-2-12-4(6(10)11)3-5(8)9/h2,4H,3H2,(H,8,9)(H,10,11). The van der Waals surface area contributed by atoms with E-state index in [9.17, 15) is 14.4 Å². The normalized spacial score (nSPS) is 11.0. The molecule has 0 amide bonds. The fraction of sp³-hybridized carbons (Fsp3) is 0.333. The third kappa shape index (κ3) is 4.08. The Balaban J connectivity index is 4.13. The summed E-state index contributed by atoms with van der Waals surface area (Å²) in [6.45, 7) is 0. The molecule has 0 aromatic carbocycles. The first-order valence-electron chi connectivity index (χ1n) is 2.87. The molecule has 0 fully saturated rings. The summed E-state index contributed by atoms with van der Waals surface area (Å²) in [6, 6.07) is 0. The zero-order valence-electron chi connectivity index (χ0n) is 5.89. The zero-order chi connectivity index (χ0) is 9.56. The first kappa shape index (κ1) is 10.2. The molecule has 0 radical (unpaired) electrons. The minimum absolute atomic E-state index is 0.474. The van der Waals surface area contributed by atoms with Crippen molar-refractivity contribution >= 4 is 17.9 Å². The lowest BCUT2D eigenvalue weighted by Crippen LogP contribution is -2.25. The molecule has 0 bridgehead atoms. The number of hydrogen-bond acceptors (Lipinski definition) is 4. The summed E-state index contributed by atoms with van der Waals surface area (Å²) in [5.74, 6) is -1.59. The van der Waals surface area contributed by atoms with Gasteiger partial charge in [0.25, 0.3) is 0 Å². The van der Waals surface area contributed by atoms with E-state index in [0.717, 1.165) is 0 Å². The van der Waals surface area contributed by atoms with Crippen molar-refractivity contribution in [3.63, 3.8) is 0 Å². The van der Waals surface area contributed by atoms with Crippen molar-refractivity contribution in [2.24, 2.45) is 0 Å². The van der Waals surface area contributed by atoms with Gasteiger partial charge in [-0.2, -0.15) is 0 Å². The van der Waals surface area contributed by atoms with Gasteiger partial charge < -0.3 is 14.9 Å². The third-order valence-electron chi connectivity index (χ3n) is 0.916. The van der Waals surface area contributed by atoms with Crippen LogP contribution in [0.3, 0.4) is 0 Å². The van der Waals surface area contributed by atoms with Crippen LogP contribution in [0.4, 0.5) is 0 Å². The van der Waals surface area contributed by atoms with Gasteiger partial charge in [-0.05, 0) is 0 Å². The van der Waals surface area contributed by atoms with Crippen molar-refractivity contribution in [2.45, 2.75) is 12.5 Å². The van der Waals surface area contributed by atoms with Crippen LogP contribution in [0.5, 0.6) is 0 Å². The number of carboxylic acid groups (broad SMARTS) is 2. The van der Waals surface area contributed by atoms with Gasteiger partial charge in [-0.15, -0.1) is 0 Å². The van der Waals surface area contributed by atoms with Gasteiger partial charge in [0.1, 0.15) is 0 Å². The van der Waals surface area contributed by atoms with Gasteiger partial charge in [0.2, 0.25) is 6.10 Å². The smallest absolute Gasteiger partial charge is 0.345 e. The molecule has 0 aliphatic rings. The van der Waals surface area contributed by atoms with E-state index in [1.807, 2.05) is 0 Å². The molecule has 0 aromatic heterocycles. The van der Waals surface area contributed by atoms with Crippen LogP contribution in [-0.4, -0.2) is 34.2 Å². The minimum atomic E-state index is -1.54. The molecule has 0 saturated carbocycles. The summed E-state index contributed by atoms with van der Waals surface area (Å²) in [4.78, 5) is 29.8. The SMILES string of the molecule is O=C=COC(CC(=O)O)C(=O)O. The second kappa shape index (κ2) is 4.92. The Morgan fingerprint density at radius 1 is 1.50 bits per heavy atom. The van der Waals surface area contributed by atoms with E-state index in [4.69, 9.17) is 10.2 Å². The molecule has 0 heterocycles. The van der Waals surface area contributed by atoms with E-state index < -0.39 is 24.5 Å². The van der Waals surface area contributed by atoms with E-state index in [1.54, 1.807) is 0 Å². The molecule has 1 atom stereocenters. The molecule has 6 heteroatoms. The maximum Gasteiger partial charge on any atom is 0.345 e. The second-order valence-electron chi connectivity index (χ2n) is 1.80. The highest BCUT2D eigenvalue weighted by Gasteiger charge is 2.21. The average molecular weight is 174 g/mol. The van der Waals surface area contributed by atoms with Gasteiger partial charge in [-0.1, -0.05) is 0 Å². The third-order valence-corrected chi connectivity index (χ3v) is 0.916. The van der Waals surface area contributed by atoms with Crippen LogP contribution in [0, 0.1) is 0 Å². The van der Waals surface area contributed by atoms with Gasteiger partial charge in [0.15, 0.2) is 12.2 Å². The fourth-order valence-electron chi connectivity index (χ4n) is 0.462. The topological polar surface area (TPSA) is 101 Å². The Hall–Kier alpha value is -1.81. The summed E-state index contributed by atoms with van der Waals surface area (Å²) in [7, 11) is 0. The Labute approximate surface area is 67.1 Å². The maximum absolute atomic E-state index is 10.2. The summed E-state index contributed by atoms with van der Waals surface area (Å²) >= 11 is 0. The Bertz CT molecular complexity index is 222. The van der Waals surface area contributed by atoms with E-state index >= 15 is 0 Å². The van der Waals surface area contributed by atoms with Crippen molar-refractivity contribution in [2.75, 3.05) is 0 Å². The van der Waals surface area contributed by atoms with Gasteiger partial charge in [0.05, 0.1) is 6.42 Å². The van der Waals surface area contributed by atoms with E-state index in [2.05, 4.69) is 4.74 Å². The molecular formula is C6H6O6. The first-order chi connectivity index (χ1) is 5.57. The highest BCUT2D eigenvalue weighted by atomic mass is 16.5. The van der Waals surface area contributed by atoms with Crippen molar-refractivity contribution in [1.29, 1.82) is 0 Å². The van der Waals surface area contributed by atoms with Crippen molar-refractivity contribution in [3.8, 4) is 0 Å². The van der Waals surface area contributed by atoms with Crippen molar-refractivity contribution in [1.82, 2.24) is 0 Å². The zero-order valence-corrected chi connectivity index (χ0v) is 5.89. The average Bonchev–Trinajstić information content (AvgIpc) is 1.96. The van der Waals surface area contributed by atoms with Gasteiger partial charge in [0, 0.05) is 0 Å². The van der Waals surface area contributed by atoms with Gasteiger partial charge in [-0.25, -0.2) is 9.59 Å². The number of aliphatic carboxylic acids is 2. The van der Waals surface area contributed by atoms with E-state index in [0.29, 0.717) is 6.26 Å². The number of carboxylic acids is 2. The molecule has 0 aliphatic carbocycles. The summed E-state index contributed by atoms with van der Waals surface area (Å²) in [5.41, 5.74) is 0.